The first kappa shape index (κ1) is 26.3. The van der Waals surface area contributed by atoms with Crippen LogP contribution in [0.2, 0.25) is 0 Å². The zero-order chi connectivity index (χ0) is 30.5. The number of rotatable bonds is 5. The van der Waals surface area contributed by atoms with E-state index in [2.05, 4.69) is 169 Å². The van der Waals surface area contributed by atoms with E-state index in [9.17, 15) is 0 Å². The van der Waals surface area contributed by atoms with E-state index in [1.54, 1.807) is 0 Å². The number of furan rings is 1. The third-order valence-electron chi connectivity index (χ3n) is 9.06. The highest BCUT2D eigenvalue weighted by atomic mass is 16.3. The summed E-state index contributed by atoms with van der Waals surface area (Å²) in [5.41, 5.74) is 9.90. The lowest BCUT2D eigenvalue weighted by molar-refractivity contribution is 0.669. The number of hydrogen-bond donors (Lipinski definition) is 0. The van der Waals surface area contributed by atoms with E-state index in [-0.39, 0.29) is 0 Å². The molecule has 0 radical (unpaired) electrons. The van der Waals surface area contributed by atoms with E-state index in [4.69, 9.17) is 4.42 Å². The second-order valence-corrected chi connectivity index (χ2v) is 11.7. The quantitative estimate of drug-likeness (QED) is 0.199. The van der Waals surface area contributed by atoms with Gasteiger partial charge in [0, 0.05) is 27.4 Å². The third-order valence-corrected chi connectivity index (χ3v) is 9.06. The van der Waals surface area contributed by atoms with Crippen molar-refractivity contribution in [1.29, 1.82) is 0 Å². The fourth-order valence-electron chi connectivity index (χ4n) is 6.87. The minimum Gasteiger partial charge on any atom is -0.456 e. The van der Waals surface area contributed by atoms with Gasteiger partial charge in [-0.1, -0.05) is 127 Å². The Balaban J connectivity index is 1.30. The molecule has 0 saturated carbocycles. The standard InChI is InChI=1S/C44H29NO/c1-2-11-30(12-3-1)32-23-25-35(26-24-32)45(40-18-8-6-15-36(40)34-22-21-31-13-4-5-14-33(31)29-34)41-19-10-17-38-37(41)27-28-43-44(38)39-16-7-9-20-42(39)46-43/h1-29H. The first-order chi connectivity index (χ1) is 22.8. The lowest BCUT2D eigenvalue weighted by Crippen LogP contribution is -2.11. The molecule has 2 nitrogen and oxygen atoms in total. The molecule has 0 bridgehead atoms. The highest BCUT2D eigenvalue weighted by Crippen LogP contribution is 2.46. The number of para-hydroxylation sites is 2. The van der Waals surface area contributed by atoms with Gasteiger partial charge in [0.1, 0.15) is 11.2 Å². The summed E-state index contributed by atoms with van der Waals surface area (Å²) in [6.45, 7) is 0. The van der Waals surface area contributed by atoms with Gasteiger partial charge in [-0.25, -0.2) is 0 Å². The van der Waals surface area contributed by atoms with Crippen LogP contribution in [0.1, 0.15) is 0 Å². The molecule has 2 heteroatoms. The summed E-state index contributed by atoms with van der Waals surface area (Å²) in [4.78, 5) is 2.41. The zero-order valence-corrected chi connectivity index (χ0v) is 25.1. The molecule has 0 amide bonds. The molecular formula is C44H29NO. The molecule has 0 unspecified atom stereocenters. The first-order valence-electron chi connectivity index (χ1n) is 15.7. The minimum absolute atomic E-state index is 0.904. The van der Waals surface area contributed by atoms with Gasteiger partial charge in [-0.15, -0.1) is 0 Å². The lowest BCUT2D eigenvalue weighted by Gasteiger charge is -2.29. The maximum absolute atomic E-state index is 6.28. The van der Waals surface area contributed by atoms with Crippen molar-refractivity contribution in [1.82, 2.24) is 0 Å². The van der Waals surface area contributed by atoms with Crippen molar-refractivity contribution >= 4 is 60.5 Å². The summed E-state index contributed by atoms with van der Waals surface area (Å²) >= 11 is 0. The van der Waals surface area contributed by atoms with E-state index in [0.717, 1.165) is 39.0 Å². The Morgan fingerprint density at radius 1 is 0.370 bits per heavy atom. The van der Waals surface area contributed by atoms with Crippen LogP contribution >= 0.6 is 0 Å². The van der Waals surface area contributed by atoms with Crippen LogP contribution in [0.15, 0.2) is 180 Å². The van der Waals surface area contributed by atoms with Crippen LogP contribution in [0.3, 0.4) is 0 Å². The molecule has 0 N–H and O–H groups in total. The maximum atomic E-state index is 6.28. The molecule has 216 valence electrons. The molecule has 0 aliphatic rings. The summed E-state index contributed by atoms with van der Waals surface area (Å²) in [6, 6.07) is 62.8. The van der Waals surface area contributed by atoms with Crippen LogP contribution in [0.5, 0.6) is 0 Å². The second kappa shape index (κ2) is 10.8. The second-order valence-electron chi connectivity index (χ2n) is 11.7. The van der Waals surface area contributed by atoms with Crippen LogP contribution in [0.4, 0.5) is 17.1 Å². The number of nitrogens with zero attached hydrogens (tertiary/aromatic N) is 1. The van der Waals surface area contributed by atoms with Crippen LogP contribution < -0.4 is 4.90 Å². The molecule has 0 aliphatic carbocycles. The van der Waals surface area contributed by atoms with E-state index < -0.39 is 0 Å². The van der Waals surface area contributed by atoms with Gasteiger partial charge in [0.25, 0.3) is 0 Å². The average Bonchev–Trinajstić information content (AvgIpc) is 3.52. The topological polar surface area (TPSA) is 16.4 Å². The van der Waals surface area contributed by atoms with Crippen LogP contribution in [0.25, 0.3) is 65.7 Å². The number of fused-ring (bicyclic) bond motifs is 6. The van der Waals surface area contributed by atoms with E-state index in [0.29, 0.717) is 0 Å². The Bertz CT molecular complexity index is 2530. The normalized spacial score (nSPS) is 11.5. The van der Waals surface area contributed by atoms with Crippen molar-refractivity contribution in [3.63, 3.8) is 0 Å². The van der Waals surface area contributed by atoms with Crippen LogP contribution in [-0.4, -0.2) is 0 Å². The summed E-state index contributed by atoms with van der Waals surface area (Å²) in [7, 11) is 0. The molecule has 1 heterocycles. The van der Waals surface area contributed by atoms with E-state index >= 15 is 0 Å². The Hall–Kier alpha value is -6.12. The molecule has 8 aromatic carbocycles. The Labute approximate surface area is 267 Å². The van der Waals surface area contributed by atoms with Crippen molar-refractivity contribution in [2.75, 3.05) is 4.90 Å². The molecule has 0 saturated heterocycles. The molecule has 0 spiro atoms. The third kappa shape index (κ3) is 4.35. The van der Waals surface area contributed by atoms with E-state index in [1.807, 2.05) is 12.1 Å². The van der Waals surface area contributed by atoms with Crippen molar-refractivity contribution < 1.29 is 4.42 Å². The largest absolute Gasteiger partial charge is 0.456 e. The van der Waals surface area contributed by atoms with Crippen molar-refractivity contribution in [2.24, 2.45) is 0 Å². The first-order valence-corrected chi connectivity index (χ1v) is 15.7. The van der Waals surface area contributed by atoms with Crippen molar-refractivity contribution in [3.8, 4) is 22.3 Å². The monoisotopic (exact) mass is 587 g/mol. The van der Waals surface area contributed by atoms with Gasteiger partial charge in [0.05, 0.1) is 11.4 Å². The van der Waals surface area contributed by atoms with Gasteiger partial charge in [0.2, 0.25) is 0 Å². The molecule has 9 rings (SSSR count). The molecule has 0 atom stereocenters. The minimum atomic E-state index is 0.904. The van der Waals surface area contributed by atoms with Crippen LogP contribution in [-0.2, 0) is 0 Å². The molecule has 1 aromatic heterocycles. The Morgan fingerprint density at radius 2 is 1.04 bits per heavy atom. The van der Waals surface area contributed by atoms with Gasteiger partial charge >= 0.3 is 0 Å². The smallest absolute Gasteiger partial charge is 0.136 e. The van der Waals surface area contributed by atoms with Crippen molar-refractivity contribution in [2.45, 2.75) is 0 Å². The fourth-order valence-corrected chi connectivity index (χ4v) is 6.87. The highest BCUT2D eigenvalue weighted by Gasteiger charge is 2.21. The molecular weight excluding hydrogens is 558 g/mol. The van der Waals surface area contributed by atoms with Gasteiger partial charge in [-0.2, -0.15) is 0 Å². The molecule has 0 fully saturated rings. The predicted molar refractivity (Wildman–Crippen MR) is 194 cm³/mol. The molecule has 9 aromatic rings. The van der Waals surface area contributed by atoms with Gasteiger partial charge in [-0.05, 0) is 81.4 Å². The number of hydrogen-bond acceptors (Lipinski definition) is 2. The fraction of sp³-hybridized carbons (Fsp3) is 0. The Morgan fingerprint density at radius 3 is 1.93 bits per heavy atom. The Kier molecular flexibility index (Phi) is 6.17. The molecule has 46 heavy (non-hydrogen) atoms. The van der Waals surface area contributed by atoms with E-state index in [1.165, 1.54) is 43.8 Å². The number of benzene rings is 8. The molecule has 0 aliphatic heterocycles. The summed E-state index contributed by atoms with van der Waals surface area (Å²) in [6.07, 6.45) is 0. The average molecular weight is 588 g/mol. The summed E-state index contributed by atoms with van der Waals surface area (Å²) in [5, 5.41) is 7.10. The zero-order valence-electron chi connectivity index (χ0n) is 25.1. The van der Waals surface area contributed by atoms with Crippen molar-refractivity contribution in [3.05, 3.63) is 176 Å². The van der Waals surface area contributed by atoms with Gasteiger partial charge < -0.3 is 9.32 Å². The number of anilines is 3. The summed E-state index contributed by atoms with van der Waals surface area (Å²) < 4.78 is 6.28. The predicted octanol–water partition coefficient (Wildman–Crippen LogP) is 12.7. The van der Waals surface area contributed by atoms with Gasteiger partial charge in [-0.3, -0.25) is 0 Å². The highest BCUT2D eigenvalue weighted by molar-refractivity contribution is 6.21. The lowest BCUT2D eigenvalue weighted by atomic mass is 9.97. The summed E-state index contributed by atoms with van der Waals surface area (Å²) in [5.74, 6) is 0. The van der Waals surface area contributed by atoms with Crippen LogP contribution in [0, 0.1) is 0 Å². The SMILES string of the molecule is c1ccc(-c2ccc(N(c3ccccc3-c3ccc4ccccc4c3)c3cccc4c3ccc3oc5ccccc5c34)cc2)cc1. The van der Waals surface area contributed by atoms with Gasteiger partial charge in [0.15, 0.2) is 0 Å². The maximum Gasteiger partial charge on any atom is 0.136 e.